The molecule has 0 radical (unpaired) electrons. The third-order valence-electron chi connectivity index (χ3n) is 5.31. The molecule has 1 fully saturated rings. The summed E-state index contributed by atoms with van der Waals surface area (Å²) in [5.41, 5.74) is 0.554. The molecule has 3 rings (SSSR count). The van der Waals surface area contributed by atoms with Crippen molar-refractivity contribution in [2.75, 3.05) is 30.4 Å². The molecule has 8 nitrogen and oxygen atoms in total. The number of piperidine rings is 1. The maximum atomic E-state index is 13.0. The van der Waals surface area contributed by atoms with E-state index in [-0.39, 0.29) is 23.3 Å². The number of carbonyl (C=O) groups is 2. The van der Waals surface area contributed by atoms with Gasteiger partial charge >= 0.3 is 0 Å². The Morgan fingerprint density at radius 3 is 2.69 bits per heavy atom. The van der Waals surface area contributed by atoms with Crippen molar-refractivity contribution in [3.8, 4) is 0 Å². The van der Waals surface area contributed by atoms with Crippen LogP contribution < -0.4 is 10.6 Å². The molecule has 1 aromatic heterocycles. The fourth-order valence-electron chi connectivity index (χ4n) is 3.58. The van der Waals surface area contributed by atoms with Crippen LogP contribution in [-0.4, -0.2) is 60.7 Å². The molecule has 1 aromatic carbocycles. The quantitative estimate of drug-likeness (QED) is 0.575. The number of aromatic nitrogens is 1. The summed E-state index contributed by atoms with van der Waals surface area (Å²) in [6.07, 6.45) is 6.72. The minimum absolute atomic E-state index is 0.0997. The van der Waals surface area contributed by atoms with Crippen LogP contribution in [-0.2, 0) is 19.6 Å². The number of hydrogen-bond donors (Lipinski definition) is 2. The van der Waals surface area contributed by atoms with Crippen LogP contribution in [0.15, 0.2) is 59.8 Å². The van der Waals surface area contributed by atoms with E-state index in [4.69, 9.17) is 0 Å². The van der Waals surface area contributed by atoms with E-state index in [0.29, 0.717) is 37.2 Å². The maximum Gasteiger partial charge on any atom is 0.247 e. The van der Waals surface area contributed by atoms with Crippen LogP contribution in [0.3, 0.4) is 0 Å². The average Bonchev–Trinajstić information content (AvgIpc) is 2.82. The number of rotatable bonds is 9. The minimum atomic E-state index is -3.66. The highest BCUT2D eigenvalue weighted by Crippen LogP contribution is 2.24. The van der Waals surface area contributed by atoms with Crippen LogP contribution in [0.2, 0.25) is 0 Å². The highest BCUT2D eigenvalue weighted by Gasteiger charge is 2.34. The molecule has 1 aliphatic rings. The van der Waals surface area contributed by atoms with E-state index < -0.39 is 22.0 Å². The zero-order valence-electron chi connectivity index (χ0n) is 17.9. The largest absolute Gasteiger partial charge is 0.344 e. The molecular formula is C22H28N4O4S2. The summed E-state index contributed by atoms with van der Waals surface area (Å²) >= 11 is 1.59. The lowest BCUT2D eigenvalue weighted by atomic mass is 9.98. The summed E-state index contributed by atoms with van der Waals surface area (Å²) in [5.74, 6) is -0.425. The van der Waals surface area contributed by atoms with Gasteiger partial charge in [0.15, 0.2) is 0 Å². The Hall–Kier alpha value is -2.43. The number of amides is 2. The van der Waals surface area contributed by atoms with Crippen molar-refractivity contribution in [2.24, 2.45) is 5.92 Å². The molecule has 32 heavy (non-hydrogen) atoms. The van der Waals surface area contributed by atoms with Gasteiger partial charge in [-0.25, -0.2) is 8.42 Å². The second-order valence-corrected chi connectivity index (χ2v) is 10.5. The first-order valence-corrected chi connectivity index (χ1v) is 13.3. The van der Waals surface area contributed by atoms with Gasteiger partial charge in [0, 0.05) is 19.3 Å². The summed E-state index contributed by atoms with van der Waals surface area (Å²) in [6.45, 7) is 0.473. The topological polar surface area (TPSA) is 108 Å². The fourth-order valence-corrected chi connectivity index (χ4v) is 5.59. The SMILES string of the molecule is CSCC[C@H](NC(=O)C1CCCN(S(=O)(=O)c2ccccc2)C1)C(=O)Nc1cccnc1. The molecule has 2 heterocycles. The van der Waals surface area contributed by atoms with Crippen molar-refractivity contribution in [3.05, 3.63) is 54.9 Å². The van der Waals surface area contributed by atoms with Crippen molar-refractivity contribution in [2.45, 2.75) is 30.2 Å². The van der Waals surface area contributed by atoms with E-state index in [1.165, 1.54) is 4.31 Å². The number of nitrogens with one attached hydrogen (secondary N) is 2. The Bertz CT molecular complexity index is 1000. The molecule has 10 heteroatoms. The zero-order chi connectivity index (χ0) is 23.0. The maximum absolute atomic E-state index is 13.0. The lowest BCUT2D eigenvalue weighted by molar-refractivity contribution is -0.130. The first kappa shape index (κ1) is 24.2. The number of anilines is 1. The monoisotopic (exact) mass is 476 g/mol. The molecule has 0 aliphatic carbocycles. The molecule has 172 valence electrons. The summed E-state index contributed by atoms with van der Waals surface area (Å²) in [5, 5.41) is 5.63. The van der Waals surface area contributed by atoms with E-state index in [9.17, 15) is 18.0 Å². The van der Waals surface area contributed by atoms with Crippen LogP contribution in [0, 0.1) is 5.92 Å². The molecule has 2 N–H and O–H groups in total. The number of pyridine rings is 1. The third-order valence-corrected chi connectivity index (χ3v) is 7.83. The Morgan fingerprint density at radius 2 is 2.00 bits per heavy atom. The Labute approximate surface area is 193 Å². The van der Waals surface area contributed by atoms with Crippen LogP contribution >= 0.6 is 11.8 Å². The molecule has 1 unspecified atom stereocenters. The van der Waals surface area contributed by atoms with Crippen molar-refractivity contribution in [1.82, 2.24) is 14.6 Å². The Morgan fingerprint density at radius 1 is 1.22 bits per heavy atom. The van der Waals surface area contributed by atoms with E-state index in [1.54, 1.807) is 66.6 Å². The first-order valence-electron chi connectivity index (χ1n) is 10.5. The van der Waals surface area contributed by atoms with E-state index in [1.807, 2.05) is 6.26 Å². The lowest BCUT2D eigenvalue weighted by Crippen LogP contribution is -2.50. The normalized spacial score (nSPS) is 18.0. The van der Waals surface area contributed by atoms with Gasteiger partial charge in [-0.2, -0.15) is 16.1 Å². The number of hydrogen-bond acceptors (Lipinski definition) is 6. The smallest absolute Gasteiger partial charge is 0.247 e. The molecule has 0 spiro atoms. The molecule has 1 saturated heterocycles. The molecule has 2 aromatic rings. The van der Waals surface area contributed by atoms with Crippen molar-refractivity contribution >= 4 is 39.3 Å². The Balaban J connectivity index is 1.66. The Kier molecular flexibility index (Phi) is 8.66. The summed E-state index contributed by atoms with van der Waals surface area (Å²) in [7, 11) is -3.66. The summed E-state index contributed by atoms with van der Waals surface area (Å²) in [6, 6.07) is 11.0. The van der Waals surface area contributed by atoms with Gasteiger partial charge in [-0.05, 0) is 55.5 Å². The average molecular weight is 477 g/mol. The number of nitrogens with zero attached hydrogens (tertiary/aromatic N) is 2. The molecule has 2 amide bonds. The van der Waals surface area contributed by atoms with Crippen molar-refractivity contribution in [3.63, 3.8) is 0 Å². The van der Waals surface area contributed by atoms with Crippen LogP contribution in [0.25, 0.3) is 0 Å². The number of thioether (sulfide) groups is 1. The molecule has 2 atom stereocenters. The van der Waals surface area contributed by atoms with E-state index in [0.717, 1.165) is 0 Å². The summed E-state index contributed by atoms with van der Waals surface area (Å²) in [4.78, 5) is 30.0. The number of sulfonamides is 1. The highest BCUT2D eigenvalue weighted by molar-refractivity contribution is 7.98. The van der Waals surface area contributed by atoms with Gasteiger partial charge in [0.05, 0.1) is 22.7 Å². The summed E-state index contributed by atoms with van der Waals surface area (Å²) < 4.78 is 27.3. The van der Waals surface area contributed by atoms with Gasteiger partial charge < -0.3 is 10.6 Å². The van der Waals surface area contributed by atoms with Crippen LogP contribution in [0.5, 0.6) is 0 Å². The van der Waals surface area contributed by atoms with Crippen LogP contribution in [0.1, 0.15) is 19.3 Å². The second-order valence-electron chi connectivity index (χ2n) is 7.59. The molecule has 0 saturated carbocycles. The van der Waals surface area contributed by atoms with E-state index in [2.05, 4.69) is 15.6 Å². The van der Waals surface area contributed by atoms with Crippen LogP contribution in [0.4, 0.5) is 5.69 Å². The van der Waals surface area contributed by atoms with Gasteiger partial charge in [-0.1, -0.05) is 18.2 Å². The second kappa shape index (κ2) is 11.4. The first-order chi connectivity index (χ1) is 15.4. The highest BCUT2D eigenvalue weighted by atomic mass is 32.2. The number of carbonyl (C=O) groups excluding carboxylic acids is 2. The minimum Gasteiger partial charge on any atom is -0.344 e. The van der Waals surface area contributed by atoms with Gasteiger partial charge in [0.2, 0.25) is 21.8 Å². The predicted octanol–water partition coefficient (Wildman–Crippen LogP) is 2.36. The van der Waals surface area contributed by atoms with Gasteiger partial charge in [-0.15, -0.1) is 0 Å². The fraction of sp³-hybridized carbons (Fsp3) is 0.409. The third kappa shape index (κ3) is 6.30. The number of benzene rings is 1. The van der Waals surface area contributed by atoms with Gasteiger partial charge in [0.25, 0.3) is 0 Å². The van der Waals surface area contributed by atoms with Crippen molar-refractivity contribution in [1.29, 1.82) is 0 Å². The predicted molar refractivity (Wildman–Crippen MR) is 126 cm³/mol. The molecule has 0 bridgehead atoms. The van der Waals surface area contributed by atoms with E-state index >= 15 is 0 Å². The molecular weight excluding hydrogens is 448 g/mol. The van der Waals surface area contributed by atoms with Gasteiger partial charge in [0.1, 0.15) is 6.04 Å². The lowest BCUT2D eigenvalue weighted by Gasteiger charge is -2.32. The molecule has 1 aliphatic heterocycles. The van der Waals surface area contributed by atoms with Crippen molar-refractivity contribution < 1.29 is 18.0 Å². The zero-order valence-corrected chi connectivity index (χ0v) is 19.6. The standard InChI is InChI=1S/C22H28N4O4S2/c1-31-14-11-20(22(28)24-18-8-5-12-23-15-18)25-21(27)17-7-6-13-26(16-17)32(29,30)19-9-3-2-4-10-19/h2-5,8-10,12,15,17,20H,6-7,11,13-14,16H2,1H3,(H,24,28)(H,25,27)/t17?,20-/m0/s1. The van der Waals surface area contributed by atoms with Gasteiger partial charge in [-0.3, -0.25) is 14.6 Å².